The lowest BCUT2D eigenvalue weighted by atomic mass is 9.99. The van der Waals surface area contributed by atoms with Gasteiger partial charge in [0.25, 0.3) is 5.91 Å². The summed E-state index contributed by atoms with van der Waals surface area (Å²) in [5, 5.41) is 15.6. The molecule has 9 nitrogen and oxygen atoms in total. The van der Waals surface area contributed by atoms with Gasteiger partial charge < -0.3 is 15.7 Å². The number of benzene rings is 1. The number of nitrogens with zero attached hydrogens (tertiary/aromatic N) is 2. The summed E-state index contributed by atoms with van der Waals surface area (Å²) in [6.07, 6.45) is 0.253. The van der Waals surface area contributed by atoms with Crippen LogP contribution in [0.1, 0.15) is 47.9 Å². The fourth-order valence-corrected chi connectivity index (χ4v) is 3.99. The SMILES string of the molecule is Cc1ccccc1C1NC(=O)N(C(CC(C)C)C(=O)Nc2nc(C(=O)O)cs2)C1=O. The number of aryl methyl sites for hydroxylation is 1. The van der Waals surface area contributed by atoms with Crippen LogP contribution in [0.5, 0.6) is 0 Å². The molecule has 0 bridgehead atoms. The molecule has 1 aromatic heterocycles. The molecule has 3 rings (SSSR count). The zero-order valence-corrected chi connectivity index (χ0v) is 17.5. The van der Waals surface area contributed by atoms with Gasteiger partial charge in [-0.05, 0) is 30.4 Å². The van der Waals surface area contributed by atoms with E-state index in [1.807, 2.05) is 32.9 Å². The minimum absolute atomic E-state index is 0.0183. The molecule has 0 saturated carbocycles. The summed E-state index contributed by atoms with van der Waals surface area (Å²) in [5.74, 6) is -2.28. The van der Waals surface area contributed by atoms with E-state index < -0.39 is 35.9 Å². The van der Waals surface area contributed by atoms with Crippen molar-refractivity contribution in [1.82, 2.24) is 15.2 Å². The number of aromatic carboxylic acids is 1. The van der Waals surface area contributed by atoms with Crippen LogP contribution < -0.4 is 10.6 Å². The third-order valence-electron chi connectivity index (χ3n) is 4.73. The first-order valence-corrected chi connectivity index (χ1v) is 10.3. The minimum Gasteiger partial charge on any atom is -0.476 e. The van der Waals surface area contributed by atoms with Crippen LogP contribution in [-0.4, -0.2) is 44.8 Å². The molecule has 158 valence electrons. The molecule has 0 aliphatic carbocycles. The molecule has 2 atom stereocenters. The maximum absolute atomic E-state index is 13.1. The van der Waals surface area contributed by atoms with Crippen molar-refractivity contribution in [3.8, 4) is 0 Å². The highest BCUT2D eigenvalue weighted by Crippen LogP contribution is 2.28. The number of carbonyl (C=O) groups excluding carboxylic acids is 3. The van der Waals surface area contributed by atoms with Gasteiger partial charge in [0.2, 0.25) is 5.91 Å². The van der Waals surface area contributed by atoms with E-state index >= 15 is 0 Å². The minimum atomic E-state index is -1.21. The summed E-state index contributed by atoms with van der Waals surface area (Å²) in [7, 11) is 0. The Morgan fingerprint density at radius 1 is 1.30 bits per heavy atom. The van der Waals surface area contributed by atoms with Crippen molar-refractivity contribution in [3.05, 3.63) is 46.5 Å². The highest BCUT2D eigenvalue weighted by atomic mass is 32.1. The van der Waals surface area contributed by atoms with Crippen molar-refractivity contribution < 1.29 is 24.3 Å². The predicted octanol–water partition coefficient (Wildman–Crippen LogP) is 2.80. The molecule has 2 heterocycles. The monoisotopic (exact) mass is 430 g/mol. The lowest BCUT2D eigenvalue weighted by Crippen LogP contribution is -2.48. The highest BCUT2D eigenvalue weighted by molar-refractivity contribution is 7.14. The Hall–Kier alpha value is -3.27. The fraction of sp³-hybridized carbons (Fsp3) is 0.350. The zero-order chi connectivity index (χ0) is 22.0. The molecule has 1 fully saturated rings. The first-order valence-electron chi connectivity index (χ1n) is 9.37. The number of rotatable bonds is 7. The van der Waals surface area contributed by atoms with Gasteiger partial charge in [-0.1, -0.05) is 38.1 Å². The van der Waals surface area contributed by atoms with Gasteiger partial charge in [0, 0.05) is 5.38 Å². The maximum Gasteiger partial charge on any atom is 0.355 e. The van der Waals surface area contributed by atoms with E-state index in [1.54, 1.807) is 12.1 Å². The van der Waals surface area contributed by atoms with Gasteiger partial charge in [-0.15, -0.1) is 11.3 Å². The molecular weight excluding hydrogens is 408 g/mol. The Balaban J connectivity index is 1.86. The number of carboxylic acid groups (broad SMARTS) is 1. The first-order chi connectivity index (χ1) is 14.2. The molecule has 2 aromatic rings. The van der Waals surface area contributed by atoms with E-state index in [0.717, 1.165) is 21.8 Å². The van der Waals surface area contributed by atoms with Crippen molar-refractivity contribution in [2.45, 2.75) is 39.3 Å². The lowest BCUT2D eigenvalue weighted by Gasteiger charge is -2.25. The van der Waals surface area contributed by atoms with Crippen LogP contribution in [0.25, 0.3) is 0 Å². The number of urea groups is 1. The van der Waals surface area contributed by atoms with Crippen LogP contribution in [-0.2, 0) is 9.59 Å². The molecule has 0 radical (unpaired) electrons. The summed E-state index contributed by atoms with van der Waals surface area (Å²) in [4.78, 5) is 54.5. The number of nitrogens with one attached hydrogen (secondary N) is 2. The van der Waals surface area contributed by atoms with Crippen molar-refractivity contribution in [2.75, 3.05) is 5.32 Å². The number of hydrogen-bond donors (Lipinski definition) is 3. The number of thiazole rings is 1. The summed E-state index contributed by atoms with van der Waals surface area (Å²) in [6, 6.07) is 4.68. The Morgan fingerprint density at radius 3 is 2.60 bits per heavy atom. The number of aromatic nitrogens is 1. The van der Waals surface area contributed by atoms with E-state index in [2.05, 4.69) is 15.6 Å². The zero-order valence-electron chi connectivity index (χ0n) is 16.7. The Labute approximate surface area is 177 Å². The third kappa shape index (κ3) is 4.33. The van der Waals surface area contributed by atoms with E-state index in [9.17, 15) is 19.2 Å². The second-order valence-corrected chi connectivity index (χ2v) is 8.28. The second kappa shape index (κ2) is 8.62. The van der Waals surface area contributed by atoms with Gasteiger partial charge in [0.05, 0.1) is 0 Å². The van der Waals surface area contributed by atoms with E-state index in [0.29, 0.717) is 5.56 Å². The summed E-state index contributed by atoms with van der Waals surface area (Å²) in [6.45, 7) is 5.60. The summed E-state index contributed by atoms with van der Waals surface area (Å²) in [5.41, 5.74) is 1.34. The van der Waals surface area contributed by atoms with Gasteiger partial charge in [-0.3, -0.25) is 9.59 Å². The summed E-state index contributed by atoms with van der Waals surface area (Å²) >= 11 is 0.958. The predicted molar refractivity (Wildman–Crippen MR) is 110 cm³/mol. The van der Waals surface area contributed by atoms with Crippen molar-refractivity contribution in [3.63, 3.8) is 0 Å². The standard InChI is InChI=1S/C20H22N4O5S/c1-10(2)8-14(16(25)23-19-21-13(9-30-19)18(27)28)24-17(26)15(22-20(24)29)12-7-5-4-6-11(12)3/h4-7,9-10,14-15H,8H2,1-3H3,(H,22,29)(H,27,28)(H,21,23,25). The van der Waals surface area contributed by atoms with Crippen LogP contribution >= 0.6 is 11.3 Å². The first kappa shape index (κ1) is 21.4. The quantitative estimate of drug-likeness (QED) is 0.580. The number of carbonyl (C=O) groups is 4. The topological polar surface area (TPSA) is 129 Å². The lowest BCUT2D eigenvalue weighted by molar-refractivity contribution is -0.134. The van der Waals surface area contributed by atoms with Gasteiger partial charge in [0.1, 0.15) is 12.1 Å². The van der Waals surface area contributed by atoms with Crippen LogP contribution in [0.2, 0.25) is 0 Å². The Kier molecular flexibility index (Phi) is 6.16. The third-order valence-corrected chi connectivity index (χ3v) is 5.49. The molecule has 10 heteroatoms. The van der Waals surface area contributed by atoms with Crippen molar-refractivity contribution in [2.24, 2.45) is 5.92 Å². The van der Waals surface area contributed by atoms with Gasteiger partial charge in [-0.2, -0.15) is 0 Å². The highest BCUT2D eigenvalue weighted by Gasteiger charge is 2.45. The van der Waals surface area contributed by atoms with E-state index in [4.69, 9.17) is 5.11 Å². The number of anilines is 1. The fourth-order valence-electron chi connectivity index (χ4n) is 3.30. The van der Waals surface area contributed by atoms with Crippen LogP contribution in [0, 0.1) is 12.8 Å². The van der Waals surface area contributed by atoms with Crippen LogP contribution in [0.15, 0.2) is 29.6 Å². The maximum atomic E-state index is 13.1. The largest absolute Gasteiger partial charge is 0.476 e. The smallest absolute Gasteiger partial charge is 0.355 e. The normalized spacial score (nSPS) is 17.2. The Morgan fingerprint density at radius 2 is 2.00 bits per heavy atom. The molecule has 4 amide bonds. The van der Waals surface area contributed by atoms with Gasteiger partial charge in [0.15, 0.2) is 10.8 Å². The molecule has 1 saturated heterocycles. The number of carboxylic acids is 1. The summed E-state index contributed by atoms with van der Waals surface area (Å²) < 4.78 is 0. The molecular formula is C20H22N4O5S. The van der Waals surface area contributed by atoms with Crippen molar-refractivity contribution in [1.29, 1.82) is 0 Å². The molecule has 0 spiro atoms. The Bertz CT molecular complexity index is 1000. The van der Waals surface area contributed by atoms with E-state index in [1.165, 1.54) is 5.38 Å². The van der Waals surface area contributed by atoms with Gasteiger partial charge in [-0.25, -0.2) is 19.5 Å². The van der Waals surface area contributed by atoms with Crippen LogP contribution in [0.4, 0.5) is 9.93 Å². The van der Waals surface area contributed by atoms with E-state index in [-0.39, 0.29) is 23.2 Å². The van der Waals surface area contributed by atoms with Crippen molar-refractivity contribution >= 4 is 40.3 Å². The molecule has 3 N–H and O–H groups in total. The number of hydrogen-bond acceptors (Lipinski definition) is 6. The average molecular weight is 430 g/mol. The molecule has 2 unspecified atom stereocenters. The molecule has 1 aliphatic rings. The molecule has 30 heavy (non-hydrogen) atoms. The molecule has 1 aliphatic heterocycles. The number of amides is 4. The van der Waals surface area contributed by atoms with Gasteiger partial charge >= 0.3 is 12.0 Å². The molecule has 1 aromatic carbocycles. The second-order valence-electron chi connectivity index (χ2n) is 7.42. The van der Waals surface area contributed by atoms with Crippen LogP contribution in [0.3, 0.4) is 0 Å². The average Bonchev–Trinajstić information content (AvgIpc) is 3.25. The number of imide groups is 1.